The Hall–Kier alpha value is -4.96. The number of para-hydroxylation sites is 1. The zero-order valence-corrected chi connectivity index (χ0v) is 26.9. The summed E-state index contributed by atoms with van der Waals surface area (Å²) in [6.07, 6.45) is 2.14. The highest BCUT2D eigenvalue weighted by molar-refractivity contribution is 5.91. The molecule has 5 N–H and O–H groups in total. The highest BCUT2D eigenvalue weighted by atomic mass is 16.6. The number of anilines is 1. The standard InChI is InChI=1S/C39H42N4O5/c44-35-16-14-32(33-15-17-37(46)42-38(33)35)36(45)26-40-22-18-27-10-12-28(13-11-27)19-23-43-24-20-30(21-25-43)48-39(47)41-34-9-5-4-8-31(34)29-6-2-1-3-7-29/h1-17,30,36,40,44-45H,18-26H2,(H,41,47)(H,42,46)/t36-/m0/s1. The number of aromatic nitrogens is 1. The van der Waals surface area contributed by atoms with Crippen molar-refractivity contribution in [1.29, 1.82) is 0 Å². The number of H-pyrrole nitrogens is 1. The van der Waals surface area contributed by atoms with Gasteiger partial charge in [-0.05, 0) is 72.7 Å². The van der Waals surface area contributed by atoms with E-state index in [1.165, 1.54) is 23.3 Å². The fourth-order valence-corrected chi connectivity index (χ4v) is 6.29. The average molecular weight is 647 g/mol. The topological polar surface area (TPSA) is 127 Å². The third-order valence-electron chi connectivity index (χ3n) is 8.99. The van der Waals surface area contributed by atoms with Crippen molar-refractivity contribution in [3.8, 4) is 16.9 Å². The number of aliphatic hydroxyl groups is 1. The number of phenols is 1. The maximum absolute atomic E-state index is 12.7. The first-order valence-electron chi connectivity index (χ1n) is 16.6. The molecule has 9 heteroatoms. The minimum atomic E-state index is -0.780. The number of aromatic hydroxyl groups is 1. The van der Waals surface area contributed by atoms with E-state index in [1.54, 1.807) is 12.1 Å². The van der Waals surface area contributed by atoms with Crippen LogP contribution in [0.1, 0.15) is 35.6 Å². The Morgan fingerprint density at radius 3 is 2.35 bits per heavy atom. The highest BCUT2D eigenvalue weighted by Crippen LogP contribution is 2.29. The molecule has 1 aliphatic heterocycles. The van der Waals surface area contributed by atoms with Crippen LogP contribution in [0.5, 0.6) is 5.75 Å². The summed E-state index contributed by atoms with van der Waals surface area (Å²) in [7, 11) is 0. The molecule has 1 saturated heterocycles. The molecule has 1 amide bonds. The number of nitrogens with zero attached hydrogens (tertiary/aromatic N) is 1. The molecule has 6 rings (SSSR count). The van der Waals surface area contributed by atoms with E-state index >= 15 is 0 Å². The number of benzene rings is 4. The number of hydrogen-bond donors (Lipinski definition) is 5. The van der Waals surface area contributed by atoms with Gasteiger partial charge >= 0.3 is 6.09 Å². The van der Waals surface area contributed by atoms with E-state index < -0.39 is 12.2 Å². The molecule has 0 aliphatic carbocycles. The highest BCUT2D eigenvalue weighted by Gasteiger charge is 2.23. The molecule has 5 aromatic rings. The summed E-state index contributed by atoms with van der Waals surface area (Å²) in [5.74, 6) is -0.0204. The molecule has 0 spiro atoms. The number of likely N-dealkylation sites (tertiary alicyclic amines) is 1. The van der Waals surface area contributed by atoms with Crippen molar-refractivity contribution in [3.05, 3.63) is 130 Å². The lowest BCUT2D eigenvalue weighted by molar-refractivity contribution is 0.0593. The van der Waals surface area contributed by atoms with Gasteiger partial charge < -0.3 is 30.2 Å². The molecule has 2 heterocycles. The number of ether oxygens (including phenoxy) is 1. The van der Waals surface area contributed by atoms with Crippen LogP contribution in [0.15, 0.2) is 108 Å². The second-order valence-electron chi connectivity index (χ2n) is 12.3. The molecule has 0 unspecified atom stereocenters. The van der Waals surface area contributed by atoms with Crippen LogP contribution < -0.4 is 16.2 Å². The zero-order valence-electron chi connectivity index (χ0n) is 26.9. The second-order valence-corrected chi connectivity index (χ2v) is 12.3. The van der Waals surface area contributed by atoms with Crippen molar-refractivity contribution >= 4 is 22.7 Å². The SMILES string of the molecule is O=C(Nc1ccccc1-c1ccccc1)OC1CCN(CCc2ccc(CCNC[C@H](O)c3ccc(O)c4[nH]c(=O)ccc34)cc2)CC1. The predicted octanol–water partition coefficient (Wildman–Crippen LogP) is 6.02. The Morgan fingerprint density at radius 2 is 1.58 bits per heavy atom. The number of aliphatic hydroxyl groups excluding tert-OH is 1. The summed E-state index contributed by atoms with van der Waals surface area (Å²) in [6, 6.07) is 32.6. The number of carbonyl (C=O) groups is 1. The van der Waals surface area contributed by atoms with Gasteiger partial charge in [0.25, 0.3) is 0 Å². The van der Waals surface area contributed by atoms with Gasteiger partial charge in [-0.25, -0.2) is 4.79 Å². The fourth-order valence-electron chi connectivity index (χ4n) is 6.29. The first-order valence-corrected chi connectivity index (χ1v) is 16.6. The van der Waals surface area contributed by atoms with Crippen molar-refractivity contribution in [1.82, 2.24) is 15.2 Å². The summed E-state index contributed by atoms with van der Waals surface area (Å²) >= 11 is 0. The van der Waals surface area contributed by atoms with E-state index in [-0.39, 0.29) is 17.4 Å². The number of pyridine rings is 1. The van der Waals surface area contributed by atoms with Crippen molar-refractivity contribution in [2.75, 3.05) is 38.0 Å². The normalized spacial score (nSPS) is 14.5. The Balaban J connectivity index is 0.888. The fraction of sp³-hybridized carbons (Fsp3) is 0.282. The monoisotopic (exact) mass is 646 g/mol. The number of carbonyl (C=O) groups excluding carboxylic acids is 1. The summed E-state index contributed by atoms with van der Waals surface area (Å²) in [5.41, 5.74) is 5.94. The number of phenolic OH excluding ortho intramolecular Hbond substituents is 1. The van der Waals surface area contributed by atoms with Gasteiger partial charge in [-0.15, -0.1) is 0 Å². The number of aromatic amines is 1. The molecule has 0 saturated carbocycles. The molecular weight excluding hydrogens is 604 g/mol. The third kappa shape index (κ3) is 8.49. The number of amides is 1. The largest absolute Gasteiger partial charge is 0.506 e. The van der Waals surface area contributed by atoms with Crippen LogP contribution in [0, 0.1) is 0 Å². The molecule has 0 bridgehead atoms. The van der Waals surface area contributed by atoms with Gasteiger partial charge in [-0.3, -0.25) is 10.1 Å². The van der Waals surface area contributed by atoms with E-state index in [1.807, 2.05) is 54.6 Å². The predicted molar refractivity (Wildman–Crippen MR) is 189 cm³/mol. The first-order chi connectivity index (χ1) is 23.4. The van der Waals surface area contributed by atoms with Crippen LogP contribution >= 0.6 is 0 Å². The van der Waals surface area contributed by atoms with Crippen LogP contribution in [0.4, 0.5) is 10.5 Å². The van der Waals surface area contributed by atoms with E-state index in [0.29, 0.717) is 29.6 Å². The van der Waals surface area contributed by atoms with Crippen LogP contribution in [-0.4, -0.2) is 65.0 Å². The number of piperidine rings is 1. The smallest absolute Gasteiger partial charge is 0.411 e. The maximum atomic E-state index is 12.7. The summed E-state index contributed by atoms with van der Waals surface area (Å²) in [6.45, 7) is 3.81. The van der Waals surface area contributed by atoms with Crippen molar-refractivity contribution in [3.63, 3.8) is 0 Å². The Bertz CT molecular complexity index is 1870. The van der Waals surface area contributed by atoms with E-state index in [2.05, 4.69) is 44.8 Å². The van der Waals surface area contributed by atoms with Crippen LogP contribution in [0.2, 0.25) is 0 Å². The third-order valence-corrected chi connectivity index (χ3v) is 8.99. The molecule has 1 atom stereocenters. The van der Waals surface area contributed by atoms with E-state index in [9.17, 15) is 19.8 Å². The zero-order chi connectivity index (χ0) is 33.3. The summed E-state index contributed by atoms with van der Waals surface area (Å²) in [5, 5.41) is 27.7. The van der Waals surface area contributed by atoms with E-state index in [4.69, 9.17) is 4.74 Å². The van der Waals surface area contributed by atoms with Gasteiger partial charge in [0, 0.05) is 43.2 Å². The van der Waals surface area contributed by atoms with Crippen molar-refractivity contribution in [2.45, 2.75) is 37.9 Å². The van der Waals surface area contributed by atoms with Crippen molar-refractivity contribution < 1.29 is 19.7 Å². The Morgan fingerprint density at radius 1 is 0.875 bits per heavy atom. The van der Waals surface area contributed by atoms with Crippen molar-refractivity contribution in [2.24, 2.45) is 0 Å². The van der Waals surface area contributed by atoms with Crippen LogP contribution in [0.25, 0.3) is 22.0 Å². The number of rotatable bonds is 12. The van der Waals surface area contributed by atoms with Gasteiger partial charge in [0.05, 0.1) is 17.3 Å². The van der Waals surface area contributed by atoms with Gasteiger partial charge in [0.15, 0.2) is 0 Å². The quantitative estimate of drug-likeness (QED) is 0.105. The van der Waals surface area contributed by atoms with Gasteiger partial charge in [-0.2, -0.15) is 0 Å². The average Bonchev–Trinajstić information content (AvgIpc) is 3.11. The number of fused-ring (bicyclic) bond motifs is 1. The molecule has 48 heavy (non-hydrogen) atoms. The minimum Gasteiger partial charge on any atom is -0.506 e. The molecule has 0 radical (unpaired) electrons. The van der Waals surface area contributed by atoms with Gasteiger partial charge in [0.1, 0.15) is 11.9 Å². The lowest BCUT2D eigenvalue weighted by Gasteiger charge is -2.31. The minimum absolute atomic E-state index is 0.0204. The maximum Gasteiger partial charge on any atom is 0.411 e. The molecule has 4 aromatic carbocycles. The van der Waals surface area contributed by atoms with Crippen LogP contribution in [0.3, 0.4) is 0 Å². The Labute approximate surface area is 280 Å². The van der Waals surface area contributed by atoms with Crippen LogP contribution in [-0.2, 0) is 17.6 Å². The first kappa shape index (κ1) is 33.0. The molecule has 248 valence electrons. The number of nitrogens with one attached hydrogen (secondary N) is 3. The second kappa shape index (κ2) is 15.8. The molecule has 1 aliphatic rings. The molecular formula is C39H42N4O5. The lowest BCUT2D eigenvalue weighted by atomic mass is 10.0. The molecule has 1 fully saturated rings. The lowest BCUT2D eigenvalue weighted by Crippen LogP contribution is -2.39. The van der Waals surface area contributed by atoms with E-state index in [0.717, 1.165) is 62.1 Å². The summed E-state index contributed by atoms with van der Waals surface area (Å²) in [4.78, 5) is 29.5. The molecule has 9 nitrogen and oxygen atoms in total. The van der Waals surface area contributed by atoms with Gasteiger partial charge in [-0.1, -0.05) is 78.9 Å². The number of hydrogen-bond acceptors (Lipinski definition) is 7. The van der Waals surface area contributed by atoms with Gasteiger partial charge in [0.2, 0.25) is 5.56 Å². The summed E-state index contributed by atoms with van der Waals surface area (Å²) < 4.78 is 5.79. The Kier molecular flexibility index (Phi) is 10.8. The molecule has 1 aromatic heterocycles.